The predicted octanol–water partition coefficient (Wildman–Crippen LogP) is 3.13. The number of carbonyl (C=O) groups is 4. The highest BCUT2D eigenvalue weighted by atomic mass is 16.5. The van der Waals surface area contributed by atoms with E-state index in [2.05, 4.69) is 5.32 Å². The van der Waals surface area contributed by atoms with E-state index in [1.54, 1.807) is 6.07 Å². The fourth-order valence-corrected chi connectivity index (χ4v) is 2.99. The Morgan fingerprint density at radius 1 is 0.967 bits per heavy atom. The van der Waals surface area contributed by atoms with E-state index in [0.717, 1.165) is 16.7 Å². The van der Waals surface area contributed by atoms with Crippen molar-refractivity contribution in [3.63, 3.8) is 0 Å². The molecule has 0 fully saturated rings. The molecule has 2 aromatic carbocycles. The summed E-state index contributed by atoms with van der Waals surface area (Å²) in [5.41, 5.74) is 3.33. The zero-order valence-electron chi connectivity index (χ0n) is 17.6. The maximum atomic E-state index is 12.3. The van der Waals surface area contributed by atoms with Gasteiger partial charge in [0.05, 0.1) is 12.5 Å². The van der Waals surface area contributed by atoms with Gasteiger partial charge in [0.15, 0.2) is 18.2 Å². The second-order valence-corrected chi connectivity index (χ2v) is 7.32. The number of hydrogen-bond acceptors (Lipinski definition) is 5. The van der Waals surface area contributed by atoms with Gasteiger partial charge in [0.25, 0.3) is 5.91 Å². The molecular weight excluding hydrogens is 382 g/mol. The molecule has 2 aromatic rings. The number of Topliss-reactive ketones (excluding diaryl/α,β-unsaturated/α-hetero) is 2. The first-order valence-corrected chi connectivity index (χ1v) is 9.86. The van der Waals surface area contributed by atoms with Gasteiger partial charge < -0.3 is 10.1 Å². The summed E-state index contributed by atoms with van der Waals surface area (Å²) < 4.78 is 4.96. The Labute approximate surface area is 176 Å². The molecule has 0 aliphatic heterocycles. The van der Waals surface area contributed by atoms with Crippen LogP contribution in [0.5, 0.6) is 0 Å². The largest absolute Gasteiger partial charge is 0.456 e. The van der Waals surface area contributed by atoms with Crippen LogP contribution in [-0.4, -0.2) is 36.1 Å². The summed E-state index contributed by atoms with van der Waals surface area (Å²) in [6, 6.07) is 14.2. The number of benzene rings is 2. The van der Waals surface area contributed by atoms with Crippen LogP contribution in [0, 0.1) is 13.8 Å². The first kappa shape index (κ1) is 23.0. The molecule has 0 aliphatic carbocycles. The van der Waals surface area contributed by atoms with Crippen LogP contribution < -0.4 is 5.32 Å². The molecule has 0 aliphatic rings. The molecular formula is C24H27NO5. The minimum absolute atomic E-state index is 0.00875. The molecule has 158 valence electrons. The molecule has 30 heavy (non-hydrogen) atoms. The van der Waals surface area contributed by atoms with Crippen molar-refractivity contribution in [1.82, 2.24) is 5.32 Å². The molecule has 6 nitrogen and oxygen atoms in total. The Kier molecular flexibility index (Phi) is 8.47. The lowest BCUT2D eigenvalue weighted by atomic mass is 9.99. The van der Waals surface area contributed by atoms with E-state index in [-0.39, 0.29) is 24.4 Å². The van der Waals surface area contributed by atoms with E-state index in [1.165, 1.54) is 6.92 Å². The number of amides is 1. The summed E-state index contributed by atoms with van der Waals surface area (Å²) in [6.07, 6.45) is 0.259. The van der Waals surface area contributed by atoms with Crippen LogP contribution in [0.2, 0.25) is 0 Å². The van der Waals surface area contributed by atoms with Gasteiger partial charge >= 0.3 is 5.97 Å². The predicted molar refractivity (Wildman–Crippen MR) is 113 cm³/mol. The Hall–Kier alpha value is -3.28. The molecule has 0 unspecified atom stereocenters. The molecule has 2 rings (SSSR count). The molecule has 0 spiro atoms. The van der Waals surface area contributed by atoms with Gasteiger partial charge in [-0.3, -0.25) is 19.2 Å². The minimum atomic E-state index is -0.690. The number of carbonyl (C=O) groups excluding carboxylic acids is 4. The van der Waals surface area contributed by atoms with Crippen molar-refractivity contribution in [1.29, 1.82) is 0 Å². The van der Waals surface area contributed by atoms with E-state index in [4.69, 9.17) is 4.74 Å². The lowest BCUT2D eigenvalue weighted by Crippen LogP contribution is -2.43. The second kappa shape index (κ2) is 11.0. The maximum Gasteiger partial charge on any atom is 0.306 e. The van der Waals surface area contributed by atoms with Crippen LogP contribution in [0.1, 0.15) is 46.8 Å². The zero-order valence-corrected chi connectivity index (χ0v) is 17.6. The van der Waals surface area contributed by atoms with Crippen molar-refractivity contribution in [3.05, 3.63) is 70.8 Å². The van der Waals surface area contributed by atoms with Crippen molar-refractivity contribution in [2.24, 2.45) is 0 Å². The van der Waals surface area contributed by atoms with Gasteiger partial charge in [0, 0.05) is 12.0 Å². The maximum absolute atomic E-state index is 12.3. The minimum Gasteiger partial charge on any atom is -0.456 e. The first-order valence-electron chi connectivity index (χ1n) is 9.86. The lowest BCUT2D eigenvalue weighted by molar-refractivity contribution is -0.148. The smallest absolute Gasteiger partial charge is 0.306 e. The molecule has 0 radical (unpaired) electrons. The number of esters is 1. The standard InChI is InChI=1S/C24H27NO5/c1-16-9-10-17(2)20(13-16)22(27)11-12-24(29)30-15-23(28)25-21(18(3)26)14-19-7-5-4-6-8-19/h4-10,13,21H,11-12,14-15H2,1-3H3,(H,25,28)/t21-/m1/s1. The van der Waals surface area contributed by atoms with Gasteiger partial charge in [-0.15, -0.1) is 0 Å². The van der Waals surface area contributed by atoms with Crippen LogP contribution in [0.4, 0.5) is 0 Å². The van der Waals surface area contributed by atoms with Crippen molar-refractivity contribution < 1.29 is 23.9 Å². The highest BCUT2D eigenvalue weighted by Crippen LogP contribution is 2.14. The average Bonchev–Trinajstić information content (AvgIpc) is 2.72. The van der Waals surface area contributed by atoms with Gasteiger partial charge in [0.1, 0.15) is 0 Å². The van der Waals surface area contributed by atoms with Crippen molar-refractivity contribution in [2.45, 2.75) is 46.1 Å². The van der Waals surface area contributed by atoms with Crippen LogP contribution in [-0.2, 0) is 25.5 Å². The Morgan fingerprint density at radius 3 is 2.33 bits per heavy atom. The average molecular weight is 409 g/mol. The van der Waals surface area contributed by atoms with E-state index < -0.39 is 24.5 Å². The fraction of sp³-hybridized carbons (Fsp3) is 0.333. The monoisotopic (exact) mass is 409 g/mol. The summed E-state index contributed by atoms with van der Waals surface area (Å²) in [5.74, 6) is -1.51. The molecule has 0 saturated heterocycles. The first-order chi connectivity index (χ1) is 14.3. The van der Waals surface area contributed by atoms with Crippen LogP contribution in [0.3, 0.4) is 0 Å². The summed E-state index contributed by atoms with van der Waals surface area (Å²) in [4.78, 5) is 48.2. The lowest BCUT2D eigenvalue weighted by Gasteiger charge is -2.16. The summed E-state index contributed by atoms with van der Waals surface area (Å²) >= 11 is 0. The quantitative estimate of drug-likeness (QED) is 0.481. The second-order valence-electron chi connectivity index (χ2n) is 7.32. The van der Waals surface area contributed by atoms with Gasteiger partial charge in [-0.05, 0) is 44.4 Å². The molecule has 1 N–H and O–H groups in total. The van der Waals surface area contributed by atoms with Gasteiger partial charge in [-0.25, -0.2) is 0 Å². The van der Waals surface area contributed by atoms with Gasteiger partial charge in [0.2, 0.25) is 0 Å². The van der Waals surface area contributed by atoms with E-state index in [1.807, 2.05) is 56.3 Å². The van der Waals surface area contributed by atoms with Gasteiger partial charge in [-0.2, -0.15) is 0 Å². The zero-order chi connectivity index (χ0) is 22.1. The summed E-state index contributed by atoms with van der Waals surface area (Å²) in [6.45, 7) is 4.65. The number of nitrogens with one attached hydrogen (secondary N) is 1. The molecule has 1 amide bonds. The summed E-state index contributed by atoms with van der Waals surface area (Å²) in [5, 5.41) is 2.59. The van der Waals surface area contributed by atoms with Gasteiger partial charge in [-0.1, -0.05) is 48.0 Å². The molecule has 0 bridgehead atoms. The highest BCUT2D eigenvalue weighted by molar-refractivity contribution is 5.99. The molecule has 0 aromatic heterocycles. The third-order valence-electron chi connectivity index (χ3n) is 4.72. The normalized spacial score (nSPS) is 11.4. The van der Waals surface area contributed by atoms with E-state index >= 15 is 0 Å². The number of ether oxygens (including phenoxy) is 1. The van der Waals surface area contributed by atoms with Crippen molar-refractivity contribution >= 4 is 23.4 Å². The number of rotatable bonds is 10. The molecule has 1 atom stereocenters. The van der Waals surface area contributed by atoms with Crippen LogP contribution in [0.15, 0.2) is 48.5 Å². The van der Waals surface area contributed by atoms with E-state index in [0.29, 0.717) is 12.0 Å². The van der Waals surface area contributed by atoms with Crippen molar-refractivity contribution in [2.75, 3.05) is 6.61 Å². The third kappa shape index (κ3) is 7.28. The fourth-order valence-electron chi connectivity index (χ4n) is 2.99. The number of ketones is 2. The summed E-state index contributed by atoms with van der Waals surface area (Å²) in [7, 11) is 0. The topological polar surface area (TPSA) is 89.5 Å². The van der Waals surface area contributed by atoms with Crippen LogP contribution in [0.25, 0.3) is 0 Å². The third-order valence-corrected chi connectivity index (χ3v) is 4.72. The number of hydrogen-bond donors (Lipinski definition) is 1. The Bertz CT molecular complexity index is 920. The molecule has 0 heterocycles. The molecule has 0 saturated carbocycles. The van der Waals surface area contributed by atoms with Crippen molar-refractivity contribution in [3.8, 4) is 0 Å². The van der Waals surface area contributed by atoms with Crippen LogP contribution >= 0.6 is 0 Å². The Balaban J connectivity index is 1.79. The highest BCUT2D eigenvalue weighted by Gasteiger charge is 2.19. The van der Waals surface area contributed by atoms with E-state index in [9.17, 15) is 19.2 Å². The number of aryl methyl sites for hydroxylation is 2. The Morgan fingerprint density at radius 2 is 1.67 bits per heavy atom. The SMILES string of the molecule is CC(=O)[C@@H](Cc1ccccc1)NC(=O)COC(=O)CCC(=O)c1cc(C)ccc1C. The molecule has 6 heteroatoms.